The lowest BCUT2D eigenvalue weighted by Crippen LogP contribution is -2.51. The third-order valence-corrected chi connectivity index (χ3v) is 9.58. The third-order valence-electron chi connectivity index (χ3n) is 6.85. The number of hydrogen-bond acceptors (Lipinski definition) is 5. The van der Waals surface area contributed by atoms with E-state index in [2.05, 4.69) is 0 Å². The van der Waals surface area contributed by atoms with E-state index in [4.69, 9.17) is 0 Å². The Bertz CT molecular complexity index is 1270. The summed E-state index contributed by atoms with van der Waals surface area (Å²) >= 11 is 1.58. The second-order valence-corrected chi connectivity index (χ2v) is 12.5. The first-order valence-corrected chi connectivity index (χ1v) is 15.4. The number of likely N-dealkylation sites (tertiary alicyclic amines) is 1. The van der Waals surface area contributed by atoms with Gasteiger partial charge in [0, 0.05) is 37.1 Å². The molecule has 0 unspecified atom stereocenters. The molecule has 202 valence electrons. The van der Waals surface area contributed by atoms with Crippen molar-refractivity contribution in [1.82, 2.24) is 14.1 Å². The van der Waals surface area contributed by atoms with Crippen LogP contribution in [0.5, 0.6) is 0 Å². The van der Waals surface area contributed by atoms with Crippen molar-refractivity contribution in [2.24, 2.45) is 0 Å². The van der Waals surface area contributed by atoms with Crippen LogP contribution < -0.4 is 0 Å². The number of hydrogen-bond donors (Lipinski definition) is 0. The molecule has 38 heavy (non-hydrogen) atoms. The SMILES string of the molecule is CCCN(CC(=O)N(Cc1ccccc1)C1CCN(C(=O)Cc2cccs2)CC1)S(=O)(=O)c1ccccc1. The lowest BCUT2D eigenvalue weighted by molar-refractivity contribution is -0.137. The van der Waals surface area contributed by atoms with E-state index in [1.807, 2.05) is 64.6 Å². The quantitative estimate of drug-likeness (QED) is 0.352. The van der Waals surface area contributed by atoms with Crippen molar-refractivity contribution in [3.8, 4) is 0 Å². The molecule has 0 atom stereocenters. The van der Waals surface area contributed by atoms with Gasteiger partial charge in [-0.1, -0.05) is 61.5 Å². The maximum Gasteiger partial charge on any atom is 0.243 e. The minimum atomic E-state index is -3.81. The number of thiophene rings is 1. The molecule has 1 aliphatic rings. The van der Waals surface area contributed by atoms with E-state index in [9.17, 15) is 18.0 Å². The van der Waals surface area contributed by atoms with Crippen LogP contribution in [0.25, 0.3) is 0 Å². The van der Waals surface area contributed by atoms with Crippen molar-refractivity contribution in [2.75, 3.05) is 26.2 Å². The van der Waals surface area contributed by atoms with Crippen molar-refractivity contribution in [2.45, 2.75) is 50.1 Å². The molecule has 0 N–H and O–H groups in total. The molecule has 4 rings (SSSR count). The van der Waals surface area contributed by atoms with E-state index >= 15 is 0 Å². The first-order valence-electron chi connectivity index (χ1n) is 13.1. The molecule has 1 saturated heterocycles. The zero-order valence-corrected chi connectivity index (χ0v) is 23.4. The molecule has 0 bridgehead atoms. The van der Waals surface area contributed by atoms with Gasteiger partial charge in [0.2, 0.25) is 21.8 Å². The van der Waals surface area contributed by atoms with Crippen LogP contribution in [0, 0.1) is 0 Å². The highest BCUT2D eigenvalue weighted by atomic mass is 32.2. The Kier molecular flexibility index (Phi) is 9.71. The minimum Gasteiger partial charge on any atom is -0.342 e. The molecule has 9 heteroatoms. The van der Waals surface area contributed by atoms with Gasteiger partial charge in [0.15, 0.2) is 0 Å². The number of amides is 2. The second-order valence-electron chi connectivity index (χ2n) is 9.53. The molecule has 2 heterocycles. The Morgan fingerprint density at radius 2 is 1.61 bits per heavy atom. The molecule has 0 radical (unpaired) electrons. The number of nitrogens with zero attached hydrogens (tertiary/aromatic N) is 3. The highest BCUT2D eigenvalue weighted by Crippen LogP contribution is 2.23. The van der Waals surface area contributed by atoms with Crippen molar-refractivity contribution < 1.29 is 18.0 Å². The van der Waals surface area contributed by atoms with Gasteiger partial charge in [-0.25, -0.2) is 8.42 Å². The van der Waals surface area contributed by atoms with E-state index in [1.165, 1.54) is 4.31 Å². The Balaban J connectivity index is 1.49. The summed E-state index contributed by atoms with van der Waals surface area (Å²) in [5.41, 5.74) is 0.991. The van der Waals surface area contributed by atoms with Crippen LogP contribution in [0.2, 0.25) is 0 Å². The topological polar surface area (TPSA) is 78.0 Å². The van der Waals surface area contributed by atoms with Gasteiger partial charge < -0.3 is 9.80 Å². The molecule has 1 fully saturated rings. The third kappa shape index (κ3) is 7.09. The van der Waals surface area contributed by atoms with Gasteiger partial charge in [0.25, 0.3) is 0 Å². The van der Waals surface area contributed by atoms with Crippen molar-refractivity contribution in [3.05, 3.63) is 88.6 Å². The van der Waals surface area contributed by atoms with E-state index in [0.717, 1.165) is 10.4 Å². The Labute approximate surface area is 229 Å². The number of carbonyl (C=O) groups is 2. The summed E-state index contributed by atoms with van der Waals surface area (Å²) in [5, 5.41) is 1.97. The summed E-state index contributed by atoms with van der Waals surface area (Å²) in [6.45, 7) is 3.51. The molecule has 1 aromatic heterocycles. The van der Waals surface area contributed by atoms with E-state index in [1.54, 1.807) is 41.7 Å². The summed E-state index contributed by atoms with van der Waals surface area (Å²) in [7, 11) is -3.81. The van der Waals surface area contributed by atoms with Gasteiger partial charge in [-0.15, -0.1) is 11.3 Å². The van der Waals surface area contributed by atoms with E-state index < -0.39 is 10.0 Å². The molecular formula is C29H35N3O4S2. The van der Waals surface area contributed by atoms with Gasteiger partial charge in [-0.2, -0.15) is 4.31 Å². The summed E-state index contributed by atoms with van der Waals surface area (Å²) in [6, 6.07) is 21.9. The highest BCUT2D eigenvalue weighted by Gasteiger charge is 2.33. The van der Waals surface area contributed by atoms with Crippen LogP contribution in [0.3, 0.4) is 0 Å². The number of piperidine rings is 1. The van der Waals surface area contributed by atoms with Crippen molar-refractivity contribution >= 4 is 33.2 Å². The van der Waals surface area contributed by atoms with Gasteiger partial charge in [0.05, 0.1) is 17.9 Å². The van der Waals surface area contributed by atoms with E-state index in [-0.39, 0.29) is 35.8 Å². The molecule has 2 aromatic carbocycles. The molecular weight excluding hydrogens is 518 g/mol. The van der Waals surface area contributed by atoms with E-state index in [0.29, 0.717) is 45.3 Å². The maximum atomic E-state index is 13.8. The Morgan fingerprint density at radius 3 is 2.21 bits per heavy atom. The Hall–Kier alpha value is -3.01. The van der Waals surface area contributed by atoms with Crippen molar-refractivity contribution in [1.29, 1.82) is 0 Å². The number of sulfonamides is 1. The molecule has 3 aromatic rings. The monoisotopic (exact) mass is 553 g/mol. The number of rotatable bonds is 11. The zero-order chi connectivity index (χ0) is 27.0. The van der Waals surface area contributed by atoms with Crippen LogP contribution in [-0.2, 0) is 32.6 Å². The summed E-state index contributed by atoms with van der Waals surface area (Å²) < 4.78 is 28.0. The fraction of sp³-hybridized carbons (Fsp3) is 0.379. The number of carbonyl (C=O) groups excluding carboxylic acids is 2. The smallest absolute Gasteiger partial charge is 0.243 e. The van der Waals surface area contributed by atoms with Gasteiger partial charge in [0.1, 0.15) is 0 Å². The largest absolute Gasteiger partial charge is 0.342 e. The zero-order valence-electron chi connectivity index (χ0n) is 21.7. The maximum absolute atomic E-state index is 13.8. The fourth-order valence-corrected chi connectivity index (χ4v) is 7.02. The van der Waals surface area contributed by atoms with Gasteiger partial charge >= 0.3 is 0 Å². The fourth-order valence-electron chi connectivity index (χ4n) is 4.82. The van der Waals surface area contributed by atoms with Crippen LogP contribution in [0.15, 0.2) is 83.1 Å². The van der Waals surface area contributed by atoms with Crippen LogP contribution >= 0.6 is 11.3 Å². The van der Waals surface area contributed by atoms with Crippen LogP contribution in [-0.4, -0.2) is 66.6 Å². The van der Waals surface area contributed by atoms with Gasteiger partial charge in [-0.05, 0) is 48.4 Å². The first kappa shape index (κ1) is 28.0. The average molecular weight is 554 g/mol. The molecule has 7 nitrogen and oxygen atoms in total. The predicted octanol–water partition coefficient (Wildman–Crippen LogP) is 4.41. The predicted molar refractivity (Wildman–Crippen MR) is 150 cm³/mol. The van der Waals surface area contributed by atoms with Crippen LogP contribution in [0.1, 0.15) is 36.6 Å². The lowest BCUT2D eigenvalue weighted by Gasteiger charge is -2.39. The molecule has 0 spiro atoms. The van der Waals surface area contributed by atoms with Crippen LogP contribution in [0.4, 0.5) is 0 Å². The molecule has 0 saturated carbocycles. The summed E-state index contributed by atoms with van der Waals surface area (Å²) in [6.07, 6.45) is 2.32. The summed E-state index contributed by atoms with van der Waals surface area (Å²) in [4.78, 5) is 31.5. The molecule has 2 amide bonds. The standard InChI is InChI=1S/C29H35N3O4S2/c1-2-17-31(38(35,36)27-13-7-4-8-14-27)23-29(34)32(22-24-10-5-3-6-11-24)25-15-18-30(19-16-25)28(33)21-26-12-9-20-37-26/h3-14,20,25H,2,15-19,21-23H2,1H3. The summed E-state index contributed by atoms with van der Waals surface area (Å²) in [5.74, 6) is -0.111. The first-order chi connectivity index (χ1) is 18.4. The lowest BCUT2D eigenvalue weighted by atomic mass is 10.0. The number of benzene rings is 2. The Morgan fingerprint density at radius 1 is 0.947 bits per heavy atom. The van der Waals surface area contributed by atoms with Crippen molar-refractivity contribution in [3.63, 3.8) is 0 Å². The second kappa shape index (κ2) is 13.2. The van der Waals surface area contributed by atoms with Gasteiger partial charge in [-0.3, -0.25) is 9.59 Å². The minimum absolute atomic E-state index is 0.0728. The normalized spacial score (nSPS) is 14.5. The molecule has 1 aliphatic heterocycles. The average Bonchev–Trinajstić information content (AvgIpc) is 3.45. The molecule has 0 aliphatic carbocycles. The highest BCUT2D eigenvalue weighted by molar-refractivity contribution is 7.89.